The van der Waals surface area contributed by atoms with E-state index in [1.54, 1.807) is 11.5 Å². The number of aromatic nitrogens is 2. The van der Waals surface area contributed by atoms with E-state index in [0.717, 1.165) is 28.0 Å². The number of nitrogens with zero attached hydrogens (tertiary/aromatic N) is 2. The monoisotopic (exact) mass is 400 g/mol. The van der Waals surface area contributed by atoms with Gasteiger partial charge in [-0.05, 0) is 50.1 Å². The zero-order valence-electron chi connectivity index (χ0n) is 16.0. The van der Waals surface area contributed by atoms with Crippen LogP contribution in [0.15, 0.2) is 47.3 Å². The fourth-order valence-corrected chi connectivity index (χ4v) is 4.94. The van der Waals surface area contributed by atoms with Gasteiger partial charge in [-0.1, -0.05) is 18.2 Å². The maximum absolute atomic E-state index is 12.6. The summed E-state index contributed by atoms with van der Waals surface area (Å²) in [4.78, 5) is 15.5. The minimum absolute atomic E-state index is 0.0798. The summed E-state index contributed by atoms with van der Waals surface area (Å²) in [5.74, 6) is 0.0798. The number of nitrogens with one attached hydrogen (secondary N) is 2. The molecule has 0 spiro atoms. The molecule has 7 nitrogen and oxygen atoms in total. The molecule has 3 aromatic rings. The van der Waals surface area contributed by atoms with Crippen LogP contribution in [0.3, 0.4) is 0 Å². The first-order valence-corrected chi connectivity index (χ1v) is 11.0. The van der Waals surface area contributed by atoms with Gasteiger partial charge in [0, 0.05) is 24.5 Å². The van der Waals surface area contributed by atoms with Crippen LogP contribution in [0.2, 0.25) is 0 Å². The summed E-state index contributed by atoms with van der Waals surface area (Å²) in [6.07, 6.45) is 0.634. The predicted octanol–water partition coefficient (Wildman–Crippen LogP) is 2.98. The normalized spacial score (nSPS) is 18.0. The minimum Gasteiger partial charge on any atom is -0.355 e. The number of anilines is 2. The number of aryl methyl sites for hydroxylation is 1. The summed E-state index contributed by atoms with van der Waals surface area (Å²) in [5.41, 5.74) is 4.36. The highest BCUT2D eigenvalue weighted by Crippen LogP contribution is 2.28. The molecule has 1 aliphatic rings. The van der Waals surface area contributed by atoms with Crippen molar-refractivity contribution in [2.45, 2.75) is 26.3 Å². The Morgan fingerprint density at radius 2 is 2.00 bits per heavy atom. The van der Waals surface area contributed by atoms with Gasteiger partial charge in [0.15, 0.2) is 0 Å². The molecule has 1 unspecified atom stereocenters. The molecule has 2 aromatic carbocycles. The van der Waals surface area contributed by atoms with E-state index >= 15 is 0 Å². The zero-order chi connectivity index (χ0) is 19.9. The molecule has 1 fully saturated rings. The number of benzene rings is 2. The Morgan fingerprint density at radius 1 is 1.21 bits per heavy atom. The third-order valence-corrected chi connectivity index (χ3v) is 7.24. The molecule has 1 saturated heterocycles. The van der Waals surface area contributed by atoms with Gasteiger partial charge in [0.2, 0.25) is 10.0 Å². The molecule has 2 heterocycles. The first-order valence-electron chi connectivity index (χ1n) is 9.44. The lowest BCUT2D eigenvalue weighted by Crippen LogP contribution is -2.31. The van der Waals surface area contributed by atoms with E-state index in [2.05, 4.69) is 10.3 Å². The molecule has 4 rings (SSSR count). The van der Waals surface area contributed by atoms with Crippen molar-refractivity contribution in [3.05, 3.63) is 58.5 Å². The van der Waals surface area contributed by atoms with Crippen LogP contribution in [0.4, 0.5) is 11.4 Å². The van der Waals surface area contributed by atoms with Crippen molar-refractivity contribution in [1.29, 1.82) is 0 Å². The van der Waals surface area contributed by atoms with Gasteiger partial charge < -0.3 is 10.3 Å². The first kappa shape index (κ1) is 18.8. The molecule has 8 heteroatoms. The third-order valence-electron chi connectivity index (χ3n) is 5.39. The van der Waals surface area contributed by atoms with Gasteiger partial charge in [0.1, 0.15) is 0 Å². The van der Waals surface area contributed by atoms with Crippen molar-refractivity contribution in [2.75, 3.05) is 24.2 Å². The van der Waals surface area contributed by atoms with Crippen molar-refractivity contribution < 1.29 is 8.42 Å². The van der Waals surface area contributed by atoms with Crippen LogP contribution in [-0.4, -0.2) is 41.1 Å². The van der Waals surface area contributed by atoms with Crippen molar-refractivity contribution in [3.63, 3.8) is 0 Å². The highest BCUT2D eigenvalue weighted by atomic mass is 32.2. The SMILES string of the molecule is CCS(=O)(=O)N1CCC(n2c(=O)[nH]c3cc(Nc4ccccc4C)ccc32)C1. The summed E-state index contributed by atoms with van der Waals surface area (Å²) in [6.45, 7) is 4.47. The molecule has 1 aromatic heterocycles. The summed E-state index contributed by atoms with van der Waals surface area (Å²) in [7, 11) is -3.24. The number of rotatable bonds is 5. The second-order valence-electron chi connectivity index (χ2n) is 7.17. The zero-order valence-corrected chi connectivity index (χ0v) is 16.8. The van der Waals surface area contributed by atoms with Crippen molar-refractivity contribution in [1.82, 2.24) is 13.9 Å². The second kappa shape index (κ2) is 7.10. The minimum atomic E-state index is -3.24. The molecule has 0 bridgehead atoms. The van der Waals surface area contributed by atoms with Crippen LogP contribution >= 0.6 is 0 Å². The maximum Gasteiger partial charge on any atom is 0.326 e. The Bertz CT molecular complexity index is 1180. The van der Waals surface area contributed by atoms with E-state index in [1.807, 2.05) is 49.4 Å². The topological polar surface area (TPSA) is 87.2 Å². The molecule has 0 saturated carbocycles. The molecular formula is C20H24N4O3S. The molecule has 1 atom stereocenters. The molecule has 28 heavy (non-hydrogen) atoms. The van der Waals surface area contributed by atoms with Crippen LogP contribution in [0.25, 0.3) is 11.0 Å². The number of para-hydroxylation sites is 1. The van der Waals surface area contributed by atoms with Crippen molar-refractivity contribution in [3.8, 4) is 0 Å². The number of hydrogen-bond donors (Lipinski definition) is 2. The average Bonchev–Trinajstić information content (AvgIpc) is 3.27. The number of aromatic amines is 1. The third kappa shape index (κ3) is 3.33. The van der Waals surface area contributed by atoms with Crippen molar-refractivity contribution in [2.24, 2.45) is 0 Å². The van der Waals surface area contributed by atoms with Gasteiger partial charge >= 0.3 is 5.69 Å². The largest absolute Gasteiger partial charge is 0.355 e. The number of hydrogen-bond acceptors (Lipinski definition) is 4. The van der Waals surface area contributed by atoms with E-state index < -0.39 is 10.0 Å². The Labute approximate surface area is 164 Å². The predicted molar refractivity (Wildman–Crippen MR) is 112 cm³/mol. The molecular weight excluding hydrogens is 376 g/mol. The Balaban J connectivity index is 1.64. The Hall–Kier alpha value is -2.58. The van der Waals surface area contributed by atoms with E-state index in [1.165, 1.54) is 4.31 Å². The van der Waals surface area contributed by atoms with Gasteiger partial charge in [-0.15, -0.1) is 0 Å². The summed E-state index contributed by atoms with van der Waals surface area (Å²) >= 11 is 0. The number of sulfonamides is 1. The maximum atomic E-state index is 12.6. The van der Waals surface area contributed by atoms with Crippen LogP contribution < -0.4 is 11.0 Å². The average molecular weight is 401 g/mol. The number of imidazole rings is 1. The lowest BCUT2D eigenvalue weighted by atomic mass is 10.2. The molecule has 0 aliphatic carbocycles. The smallest absolute Gasteiger partial charge is 0.326 e. The van der Waals surface area contributed by atoms with Gasteiger partial charge in [-0.25, -0.2) is 13.2 Å². The highest BCUT2D eigenvalue weighted by molar-refractivity contribution is 7.89. The Kier molecular flexibility index (Phi) is 4.76. The Morgan fingerprint density at radius 3 is 2.75 bits per heavy atom. The first-order chi connectivity index (χ1) is 13.4. The van der Waals surface area contributed by atoms with Crippen LogP contribution in [0, 0.1) is 6.92 Å². The summed E-state index contributed by atoms with van der Waals surface area (Å²) in [6, 6.07) is 13.6. The number of H-pyrrole nitrogens is 1. The van der Waals surface area contributed by atoms with E-state index in [0.29, 0.717) is 19.5 Å². The fraction of sp³-hybridized carbons (Fsp3) is 0.350. The molecule has 0 amide bonds. The van der Waals surface area contributed by atoms with E-state index in [4.69, 9.17) is 0 Å². The van der Waals surface area contributed by atoms with Crippen LogP contribution in [-0.2, 0) is 10.0 Å². The van der Waals surface area contributed by atoms with Gasteiger partial charge in [0.25, 0.3) is 0 Å². The van der Waals surface area contributed by atoms with E-state index in [-0.39, 0.29) is 17.5 Å². The second-order valence-corrected chi connectivity index (χ2v) is 9.43. The van der Waals surface area contributed by atoms with Crippen molar-refractivity contribution >= 4 is 32.4 Å². The van der Waals surface area contributed by atoms with E-state index in [9.17, 15) is 13.2 Å². The highest BCUT2D eigenvalue weighted by Gasteiger charge is 2.32. The molecule has 2 N–H and O–H groups in total. The lowest BCUT2D eigenvalue weighted by Gasteiger charge is -2.16. The fourth-order valence-electron chi connectivity index (χ4n) is 3.80. The quantitative estimate of drug-likeness (QED) is 0.689. The van der Waals surface area contributed by atoms with Gasteiger partial charge in [0.05, 0.1) is 22.8 Å². The van der Waals surface area contributed by atoms with Crippen LogP contribution in [0.5, 0.6) is 0 Å². The summed E-state index contributed by atoms with van der Waals surface area (Å²) < 4.78 is 27.4. The standard InChI is InChI=1S/C20H24N4O3S/c1-3-28(26,27)23-11-10-16(13-23)24-19-9-8-15(12-18(19)22-20(24)25)21-17-7-5-4-6-14(17)2/h4-9,12,16,21H,3,10-11,13H2,1-2H3,(H,22,25). The van der Waals surface area contributed by atoms with Gasteiger partial charge in [-0.2, -0.15) is 4.31 Å². The molecule has 1 aliphatic heterocycles. The number of fused-ring (bicyclic) bond motifs is 1. The lowest BCUT2D eigenvalue weighted by molar-refractivity contribution is 0.452. The van der Waals surface area contributed by atoms with Gasteiger partial charge in [-0.3, -0.25) is 4.57 Å². The van der Waals surface area contributed by atoms with Crippen LogP contribution in [0.1, 0.15) is 24.9 Å². The molecule has 148 valence electrons. The molecule has 0 radical (unpaired) electrons. The summed E-state index contributed by atoms with van der Waals surface area (Å²) in [5, 5.41) is 3.38.